The van der Waals surface area contributed by atoms with Gasteiger partial charge in [0.2, 0.25) is 0 Å². The van der Waals surface area contributed by atoms with Crippen LogP contribution in [-0.4, -0.2) is 32.6 Å². The van der Waals surface area contributed by atoms with Gasteiger partial charge in [-0.3, -0.25) is 4.79 Å². The summed E-state index contributed by atoms with van der Waals surface area (Å²) in [6.07, 6.45) is 1.79. The summed E-state index contributed by atoms with van der Waals surface area (Å²) in [5.41, 5.74) is -0.239. The van der Waals surface area contributed by atoms with Crippen molar-refractivity contribution >= 4 is 5.78 Å². The quantitative estimate of drug-likeness (QED) is 0.740. The molecule has 0 aromatic carbocycles. The lowest BCUT2D eigenvalue weighted by Crippen LogP contribution is -2.40. The van der Waals surface area contributed by atoms with E-state index in [1.54, 1.807) is 0 Å². The molecule has 1 aliphatic heterocycles. The van der Waals surface area contributed by atoms with Crippen molar-refractivity contribution in [3.8, 4) is 0 Å². The van der Waals surface area contributed by atoms with Gasteiger partial charge in [0.15, 0.2) is 0 Å². The summed E-state index contributed by atoms with van der Waals surface area (Å²) in [4.78, 5) is 12.1. The second-order valence-corrected chi connectivity index (χ2v) is 4.67. The Kier molecular flexibility index (Phi) is 4.08. The molecule has 3 heteroatoms. The lowest BCUT2D eigenvalue weighted by Gasteiger charge is -2.30. The van der Waals surface area contributed by atoms with Gasteiger partial charge in [-0.15, -0.1) is 0 Å². The Morgan fingerprint density at radius 1 is 1.43 bits per heavy atom. The summed E-state index contributed by atoms with van der Waals surface area (Å²) in [6.45, 7) is 6.27. The van der Waals surface area contributed by atoms with E-state index in [4.69, 9.17) is 4.74 Å². The summed E-state index contributed by atoms with van der Waals surface area (Å²) in [6, 6.07) is 0. The third kappa shape index (κ3) is 2.79. The van der Waals surface area contributed by atoms with Crippen LogP contribution in [0.25, 0.3) is 0 Å². The Labute approximate surface area is 86.2 Å². The normalized spacial score (nSPS) is 19.6. The predicted molar refractivity (Wildman–Crippen MR) is 56.3 cm³/mol. The molecule has 0 saturated carbocycles. The van der Waals surface area contributed by atoms with E-state index in [1.165, 1.54) is 0 Å². The molecular weight excluding hydrogens is 178 g/mol. The minimum atomic E-state index is -0.239. The molecule has 1 fully saturated rings. The fourth-order valence-corrected chi connectivity index (χ4v) is 2.04. The zero-order valence-electron chi connectivity index (χ0n) is 9.43. The number of carbonyl (C=O) groups excluding carboxylic acids is 1. The Hall–Kier alpha value is -0.410. The van der Waals surface area contributed by atoms with Crippen LogP contribution in [0.1, 0.15) is 26.7 Å². The molecule has 1 N–H and O–H groups in total. The molecule has 0 aromatic rings. The number of nitrogens with one attached hydrogen (secondary N) is 1. The number of hydrogen-bond donors (Lipinski definition) is 1. The standard InChI is InChI=1S/C11H21NO2/c1-11(2,8-12-3)10(13)9-4-6-14-7-5-9/h9,12H,4-8H2,1-3H3. The molecule has 1 rings (SSSR count). The summed E-state index contributed by atoms with van der Waals surface area (Å²) in [5, 5.41) is 3.08. The third-order valence-corrected chi connectivity index (χ3v) is 2.88. The number of hydrogen-bond acceptors (Lipinski definition) is 3. The second kappa shape index (κ2) is 4.89. The van der Waals surface area contributed by atoms with Crippen molar-refractivity contribution in [3.05, 3.63) is 0 Å². The third-order valence-electron chi connectivity index (χ3n) is 2.88. The number of ketones is 1. The molecule has 0 unspecified atom stereocenters. The van der Waals surface area contributed by atoms with Crippen LogP contribution in [0.5, 0.6) is 0 Å². The van der Waals surface area contributed by atoms with E-state index in [9.17, 15) is 4.79 Å². The van der Waals surface area contributed by atoms with Crippen LogP contribution in [-0.2, 0) is 9.53 Å². The molecule has 0 radical (unpaired) electrons. The van der Waals surface area contributed by atoms with Gasteiger partial charge in [0.05, 0.1) is 0 Å². The van der Waals surface area contributed by atoms with Gasteiger partial charge in [-0.25, -0.2) is 0 Å². The maximum Gasteiger partial charge on any atom is 0.142 e. The Balaban J connectivity index is 2.53. The average molecular weight is 199 g/mol. The molecule has 0 atom stereocenters. The summed E-state index contributed by atoms with van der Waals surface area (Å²) in [7, 11) is 1.89. The van der Waals surface area contributed by atoms with Crippen molar-refractivity contribution in [2.75, 3.05) is 26.8 Å². The molecule has 0 spiro atoms. The molecule has 1 saturated heterocycles. The number of ether oxygens (including phenoxy) is 1. The highest BCUT2D eigenvalue weighted by atomic mass is 16.5. The summed E-state index contributed by atoms with van der Waals surface area (Å²) >= 11 is 0. The van der Waals surface area contributed by atoms with Gasteiger partial charge in [0.1, 0.15) is 5.78 Å². The van der Waals surface area contributed by atoms with Crippen molar-refractivity contribution in [1.29, 1.82) is 0 Å². The lowest BCUT2D eigenvalue weighted by atomic mass is 9.78. The van der Waals surface area contributed by atoms with Crippen molar-refractivity contribution in [2.45, 2.75) is 26.7 Å². The smallest absolute Gasteiger partial charge is 0.142 e. The summed E-state index contributed by atoms with van der Waals surface area (Å²) < 4.78 is 5.25. The fraction of sp³-hybridized carbons (Fsp3) is 0.909. The first-order valence-corrected chi connectivity index (χ1v) is 5.34. The first-order chi connectivity index (χ1) is 6.58. The van der Waals surface area contributed by atoms with Crippen LogP contribution in [0, 0.1) is 11.3 Å². The van der Waals surface area contributed by atoms with Gasteiger partial charge in [-0.05, 0) is 19.9 Å². The highest BCUT2D eigenvalue weighted by Gasteiger charge is 2.33. The number of rotatable bonds is 4. The zero-order valence-corrected chi connectivity index (χ0v) is 9.43. The van der Waals surface area contributed by atoms with E-state index in [1.807, 2.05) is 20.9 Å². The van der Waals surface area contributed by atoms with Gasteiger partial charge >= 0.3 is 0 Å². The topological polar surface area (TPSA) is 38.3 Å². The fourth-order valence-electron chi connectivity index (χ4n) is 2.04. The molecule has 0 aromatic heterocycles. The highest BCUT2D eigenvalue weighted by molar-refractivity contribution is 5.86. The van der Waals surface area contributed by atoms with Crippen LogP contribution in [0.3, 0.4) is 0 Å². The van der Waals surface area contributed by atoms with Crippen LogP contribution < -0.4 is 5.32 Å². The van der Waals surface area contributed by atoms with E-state index >= 15 is 0 Å². The molecule has 0 bridgehead atoms. The van der Waals surface area contributed by atoms with E-state index < -0.39 is 0 Å². The van der Waals surface area contributed by atoms with Gasteiger partial charge in [-0.1, -0.05) is 13.8 Å². The van der Waals surface area contributed by atoms with Gasteiger partial charge < -0.3 is 10.1 Å². The lowest BCUT2D eigenvalue weighted by molar-refractivity contribution is -0.133. The molecular formula is C11H21NO2. The van der Waals surface area contributed by atoms with E-state index in [2.05, 4.69) is 5.32 Å². The van der Waals surface area contributed by atoms with Crippen molar-refractivity contribution < 1.29 is 9.53 Å². The Bertz CT molecular complexity index is 195. The van der Waals surface area contributed by atoms with E-state index in [-0.39, 0.29) is 11.3 Å². The van der Waals surface area contributed by atoms with Gasteiger partial charge in [-0.2, -0.15) is 0 Å². The summed E-state index contributed by atoms with van der Waals surface area (Å²) in [5.74, 6) is 0.599. The molecule has 14 heavy (non-hydrogen) atoms. The molecule has 3 nitrogen and oxygen atoms in total. The van der Waals surface area contributed by atoms with Crippen molar-refractivity contribution in [2.24, 2.45) is 11.3 Å². The van der Waals surface area contributed by atoms with Crippen molar-refractivity contribution in [3.63, 3.8) is 0 Å². The second-order valence-electron chi connectivity index (χ2n) is 4.67. The largest absolute Gasteiger partial charge is 0.381 e. The average Bonchev–Trinajstić information content (AvgIpc) is 2.18. The van der Waals surface area contributed by atoms with Crippen LogP contribution in [0.15, 0.2) is 0 Å². The zero-order chi connectivity index (χ0) is 10.6. The minimum Gasteiger partial charge on any atom is -0.381 e. The minimum absolute atomic E-state index is 0.215. The first kappa shape index (κ1) is 11.7. The van der Waals surface area contributed by atoms with Crippen LogP contribution >= 0.6 is 0 Å². The molecule has 0 amide bonds. The maximum atomic E-state index is 12.1. The number of Topliss-reactive ketones (excluding diaryl/α,β-unsaturated/α-hetero) is 1. The molecule has 1 aliphatic rings. The first-order valence-electron chi connectivity index (χ1n) is 5.34. The Morgan fingerprint density at radius 2 is 2.00 bits per heavy atom. The highest BCUT2D eigenvalue weighted by Crippen LogP contribution is 2.26. The van der Waals surface area contributed by atoms with E-state index in [0.29, 0.717) is 5.78 Å². The molecule has 0 aliphatic carbocycles. The monoisotopic (exact) mass is 199 g/mol. The van der Waals surface area contributed by atoms with Crippen LogP contribution in [0.4, 0.5) is 0 Å². The van der Waals surface area contributed by atoms with E-state index in [0.717, 1.165) is 32.6 Å². The molecule has 1 heterocycles. The SMILES string of the molecule is CNCC(C)(C)C(=O)C1CCOCC1. The predicted octanol–water partition coefficient (Wildman–Crippen LogP) is 1.23. The van der Waals surface area contributed by atoms with Crippen molar-refractivity contribution in [1.82, 2.24) is 5.32 Å². The molecule has 82 valence electrons. The van der Waals surface area contributed by atoms with Gasteiger partial charge in [0, 0.05) is 31.1 Å². The van der Waals surface area contributed by atoms with Crippen LogP contribution in [0.2, 0.25) is 0 Å². The van der Waals surface area contributed by atoms with Gasteiger partial charge in [0.25, 0.3) is 0 Å². The maximum absolute atomic E-state index is 12.1. The Morgan fingerprint density at radius 3 is 2.50 bits per heavy atom. The number of carbonyl (C=O) groups is 1.